The Bertz CT molecular complexity index is 259. The predicted octanol–water partition coefficient (Wildman–Crippen LogP) is 0.462. The molecule has 0 radical (unpaired) electrons. The minimum absolute atomic E-state index is 0.167. The molecule has 0 atom stereocenters. The second-order valence-corrected chi connectivity index (χ2v) is 2.27. The number of rotatable bonds is 2. The first kappa shape index (κ1) is 11.6. The molecule has 0 aromatic heterocycles. The van der Waals surface area contributed by atoms with Gasteiger partial charge in [-0.3, -0.25) is 4.79 Å². The van der Waals surface area contributed by atoms with Crippen LogP contribution in [0.1, 0.15) is 5.56 Å². The van der Waals surface area contributed by atoms with Gasteiger partial charge in [0, 0.05) is 7.11 Å². The molecule has 0 spiro atoms. The number of carbonyl (C=O) groups excluding carboxylic acids is 1. The Morgan fingerprint density at radius 2 is 1.85 bits per heavy atom. The van der Waals surface area contributed by atoms with Crippen molar-refractivity contribution in [3.63, 3.8) is 0 Å². The maximum atomic E-state index is 12.3. The minimum Gasteiger partial charge on any atom is -0.400 e. The minimum atomic E-state index is -0.406. The zero-order valence-corrected chi connectivity index (χ0v) is 7.33. The van der Waals surface area contributed by atoms with Crippen molar-refractivity contribution in [2.45, 2.75) is 6.42 Å². The number of hydrogen-bond acceptors (Lipinski definition) is 2. The summed E-state index contributed by atoms with van der Waals surface area (Å²) in [5.41, 5.74) is 5.66. The third-order valence-corrected chi connectivity index (χ3v) is 1.29. The van der Waals surface area contributed by atoms with E-state index in [1.165, 1.54) is 12.1 Å². The first-order chi connectivity index (χ1) is 6.18. The van der Waals surface area contributed by atoms with Gasteiger partial charge in [0.25, 0.3) is 0 Å². The van der Waals surface area contributed by atoms with Crippen LogP contribution in [-0.4, -0.2) is 18.1 Å². The Hall–Kier alpha value is -1.42. The fourth-order valence-corrected chi connectivity index (χ4v) is 0.803. The summed E-state index contributed by atoms with van der Waals surface area (Å²) in [7, 11) is 1.00. The summed E-state index contributed by atoms with van der Waals surface area (Å²) in [6, 6.07) is 5.69. The van der Waals surface area contributed by atoms with Gasteiger partial charge in [0.05, 0.1) is 6.42 Å². The number of hydrogen-bond donors (Lipinski definition) is 2. The van der Waals surface area contributed by atoms with Crippen LogP contribution in [0, 0.1) is 5.82 Å². The quantitative estimate of drug-likeness (QED) is 0.703. The lowest BCUT2D eigenvalue weighted by molar-refractivity contribution is -0.117. The van der Waals surface area contributed by atoms with Crippen molar-refractivity contribution in [3.8, 4) is 0 Å². The summed E-state index contributed by atoms with van der Waals surface area (Å²) in [5.74, 6) is -0.713. The zero-order valence-electron chi connectivity index (χ0n) is 7.33. The van der Waals surface area contributed by atoms with Crippen molar-refractivity contribution >= 4 is 5.91 Å². The molecule has 1 aromatic rings. The SMILES string of the molecule is CO.NC(=O)Cc1ccc(F)cc1. The number of benzene rings is 1. The van der Waals surface area contributed by atoms with E-state index in [0.717, 1.165) is 12.7 Å². The number of halogens is 1. The molecule has 1 aromatic carbocycles. The molecule has 0 fully saturated rings. The van der Waals surface area contributed by atoms with Crippen LogP contribution in [-0.2, 0) is 11.2 Å². The fourth-order valence-electron chi connectivity index (χ4n) is 0.803. The number of amides is 1. The van der Waals surface area contributed by atoms with Crippen molar-refractivity contribution < 1.29 is 14.3 Å². The normalized spacial score (nSPS) is 8.54. The number of carbonyl (C=O) groups is 1. The van der Waals surface area contributed by atoms with Gasteiger partial charge in [0.1, 0.15) is 5.82 Å². The first-order valence-corrected chi connectivity index (χ1v) is 3.66. The van der Waals surface area contributed by atoms with Gasteiger partial charge >= 0.3 is 0 Å². The lowest BCUT2D eigenvalue weighted by Crippen LogP contribution is -2.13. The van der Waals surface area contributed by atoms with Crippen molar-refractivity contribution in [1.29, 1.82) is 0 Å². The van der Waals surface area contributed by atoms with E-state index in [9.17, 15) is 9.18 Å². The second kappa shape index (κ2) is 6.14. The molecule has 0 saturated heterocycles. The average molecular weight is 185 g/mol. The highest BCUT2D eigenvalue weighted by Crippen LogP contribution is 2.02. The standard InChI is InChI=1S/C8H8FNO.CH4O/c9-7-3-1-6(2-4-7)5-8(10)11;1-2/h1-4H,5H2,(H2,10,11);2H,1H3. The lowest BCUT2D eigenvalue weighted by Gasteiger charge is -1.95. The van der Waals surface area contributed by atoms with Crippen LogP contribution in [0.3, 0.4) is 0 Å². The molecule has 1 rings (SSSR count). The van der Waals surface area contributed by atoms with Crippen molar-refractivity contribution in [2.75, 3.05) is 7.11 Å². The maximum Gasteiger partial charge on any atom is 0.221 e. The van der Waals surface area contributed by atoms with Crippen LogP contribution in [0.25, 0.3) is 0 Å². The largest absolute Gasteiger partial charge is 0.400 e. The van der Waals surface area contributed by atoms with Crippen LogP contribution in [0.5, 0.6) is 0 Å². The molecule has 72 valence electrons. The number of primary amides is 1. The topological polar surface area (TPSA) is 63.3 Å². The Balaban J connectivity index is 0.000000671. The van der Waals surface area contributed by atoms with E-state index in [4.69, 9.17) is 10.8 Å². The molecule has 0 aliphatic carbocycles. The highest BCUT2D eigenvalue weighted by molar-refractivity contribution is 5.76. The van der Waals surface area contributed by atoms with Crippen molar-refractivity contribution in [2.24, 2.45) is 5.73 Å². The van der Waals surface area contributed by atoms with Crippen LogP contribution >= 0.6 is 0 Å². The van der Waals surface area contributed by atoms with Gasteiger partial charge in [-0.2, -0.15) is 0 Å². The molecular formula is C9H12FNO2. The monoisotopic (exact) mass is 185 g/mol. The summed E-state index contributed by atoms with van der Waals surface area (Å²) < 4.78 is 12.3. The molecule has 0 aliphatic rings. The van der Waals surface area contributed by atoms with E-state index in [2.05, 4.69) is 0 Å². The van der Waals surface area contributed by atoms with Gasteiger partial charge in [0.15, 0.2) is 0 Å². The predicted molar refractivity (Wildman–Crippen MR) is 47.4 cm³/mol. The fraction of sp³-hybridized carbons (Fsp3) is 0.222. The molecular weight excluding hydrogens is 173 g/mol. The van der Waals surface area contributed by atoms with Gasteiger partial charge in [-0.15, -0.1) is 0 Å². The summed E-state index contributed by atoms with van der Waals surface area (Å²) in [6.45, 7) is 0. The van der Waals surface area contributed by atoms with E-state index in [1.807, 2.05) is 0 Å². The summed E-state index contributed by atoms with van der Waals surface area (Å²) in [4.78, 5) is 10.4. The van der Waals surface area contributed by atoms with Crippen LogP contribution in [0.4, 0.5) is 4.39 Å². The van der Waals surface area contributed by atoms with Crippen LogP contribution in [0.15, 0.2) is 24.3 Å². The van der Waals surface area contributed by atoms with E-state index < -0.39 is 5.91 Å². The molecule has 0 aliphatic heterocycles. The molecule has 4 heteroatoms. The second-order valence-electron chi connectivity index (χ2n) is 2.27. The summed E-state index contributed by atoms with van der Waals surface area (Å²) in [5, 5.41) is 7.00. The third kappa shape index (κ3) is 4.92. The molecule has 1 amide bonds. The number of aliphatic hydroxyl groups is 1. The lowest BCUT2D eigenvalue weighted by atomic mass is 10.1. The third-order valence-electron chi connectivity index (χ3n) is 1.29. The molecule has 0 saturated carbocycles. The maximum absolute atomic E-state index is 12.3. The summed E-state index contributed by atoms with van der Waals surface area (Å²) >= 11 is 0. The van der Waals surface area contributed by atoms with Gasteiger partial charge < -0.3 is 10.8 Å². The molecule has 0 bridgehead atoms. The highest BCUT2D eigenvalue weighted by atomic mass is 19.1. The molecule has 0 heterocycles. The Kier molecular flexibility index (Phi) is 5.47. The van der Waals surface area contributed by atoms with E-state index in [1.54, 1.807) is 12.1 Å². The summed E-state index contributed by atoms with van der Waals surface area (Å²) in [6.07, 6.45) is 0.167. The van der Waals surface area contributed by atoms with Crippen LogP contribution in [0.2, 0.25) is 0 Å². The van der Waals surface area contributed by atoms with Gasteiger partial charge in [-0.1, -0.05) is 12.1 Å². The highest BCUT2D eigenvalue weighted by Gasteiger charge is 1.97. The van der Waals surface area contributed by atoms with E-state index in [0.29, 0.717) is 0 Å². The van der Waals surface area contributed by atoms with Gasteiger partial charge in [-0.25, -0.2) is 4.39 Å². The Labute approximate surface area is 76.0 Å². The van der Waals surface area contributed by atoms with Crippen LogP contribution < -0.4 is 5.73 Å². The van der Waals surface area contributed by atoms with Gasteiger partial charge in [-0.05, 0) is 17.7 Å². The molecule has 3 nitrogen and oxygen atoms in total. The Morgan fingerprint density at radius 3 is 2.23 bits per heavy atom. The molecule has 13 heavy (non-hydrogen) atoms. The smallest absolute Gasteiger partial charge is 0.221 e. The molecule has 3 N–H and O–H groups in total. The average Bonchev–Trinajstić information content (AvgIpc) is 2.12. The zero-order chi connectivity index (χ0) is 10.3. The van der Waals surface area contributed by atoms with Crippen molar-refractivity contribution in [1.82, 2.24) is 0 Å². The van der Waals surface area contributed by atoms with Crippen molar-refractivity contribution in [3.05, 3.63) is 35.6 Å². The van der Waals surface area contributed by atoms with E-state index in [-0.39, 0.29) is 12.2 Å². The molecule has 0 unspecified atom stereocenters. The Morgan fingerprint density at radius 1 is 1.38 bits per heavy atom. The first-order valence-electron chi connectivity index (χ1n) is 3.66. The van der Waals surface area contributed by atoms with E-state index >= 15 is 0 Å². The number of nitrogens with two attached hydrogens (primary N) is 1. The van der Waals surface area contributed by atoms with Gasteiger partial charge in [0.2, 0.25) is 5.91 Å². The number of aliphatic hydroxyl groups excluding tert-OH is 1.